The number of piperidine rings is 1. The zero-order valence-electron chi connectivity index (χ0n) is 9.07. The highest BCUT2D eigenvalue weighted by Gasteiger charge is 2.19. The molecule has 1 fully saturated rings. The Kier molecular flexibility index (Phi) is 4.75. The molecular weight excluding hydrogens is 196 g/mol. The van der Waals surface area contributed by atoms with Crippen LogP contribution in [0.2, 0.25) is 0 Å². The summed E-state index contributed by atoms with van der Waals surface area (Å²) in [4.78, 5) is 15.4. The Morgan fingerprint density at radius 3 is 2.93 bits per heavy atom. The fourth-order valence-corrected chi connectivity index (χ4v) is 2.27. The van der Waals surface area contributed by atoms with Crippen molar-refractivity contribution >= 4 is 18.5 Å². The maximum Gasteiger partial charge on any atom is 0.232 e. The first-order chi connectivity index (χ1) is 6.63. The molecule has 0 bridgehead atoms. The molecule has 1 atom stereocenters. The van der Waals surface area contributed by atoms with Crippen molar-refractivity contribution in [2.24, 2.45) is 5.92 Å². The average molecular weight is 216 g/mol. The molecule has 3 nitrogen and oxygen atoms in total. The normalized spacial score (nSPS) is 23.5. The minimum absolute atomic E-state index is 0.126. The second-order valence-electron chi connectivity index (χ2n) is 4.20. The van der Waals surface area contributed by atoms with Crippen LogP contribution in [-0.2, 0) is 4.79 Å². The number of likely N-dealkylation sites (tertiary alicyclic amines) is 1. The summed E-state index contributed by atoms with van der Waals surface area (Å²) in [6, 6.07) is 0. The Hall–Kier alpha value is -0.220. The standard InChI is InChI=1S/C10H20N2OS/c1-11-5-3-4-9(6-11)7-12(2)10(13)8-14/h9,14H,3-8H2,1-2H3. The zero-order chi connectivity index (χ0) is 10.6. The van der Waals surface area contributed by atoms with Crippen LogP contribution in [0.1, 0.15) is 12.8 Å². The van der Waals surface area contributed by atoms with Crippen LogP contribution in [0.25, 0.3) is 0 Å². The van der Waals surface area contributed by atoms with E-state index in [0.29, 0.717) is 11.7 Å². The van der Waals surface area contributed by atoms with Gasteiger partial charge >= 0.3 is 0 Å². The van der Waals surface area contributed by atoms with Crippen molar-refractivity contribution < 1.29 is 4.79 Å². The van der Waals surface area contributed by atoms with Crippen LogP contribution in [0.4, 0.5) is 0 Å². The number of nitrogens with zero attached hydrogens (tertiary/aromatic N) is 2. The van der Waals surface area contributed by atoms with Crippen molar-refractivity contribution in [3.8, 4) is 0 Å². The molecular formula is C10H20N2OS. The van der Waals surface area contributed by atoms with Gasteiger partial charge < -0.3 is 9.80 Å². The number of carbonyl (C=O) groups excluding carboxylic acids is 1. The van der Waals surface area contributed by atoms with Gasteiger partial charge in [-0.25, -0.2) is 0 Å². The van der Waals surface area contributed by atoms with Gasteiger partial charge in [0.1, 0.15) is 0 Å². The SMILES string of the molecule is CN1CCCC(CN(C)C(=O)CS)C1. The highest BCUT2D eigenvalue weighted by molar-refractivity contribution is 7.81. The molecule has 0 aromatic heterocycles. The molecule has 0 aromatic carbocycles. The van der Waals surface area contributed by atoms with Crippen LogP contribution < -0.4 is 0 Å². The average Bonchev–Trinajstić information content (AvgIpc) is 2.16. The van der Waals surface area contributed by atoms with Gasteiger partial charge in [0.15, 0.2) is 0 Å². The fourth-order valence-electron chi connectivity index (χ4n) is 2.03. The van der Waals surface area contributed by atoms with Gasteiger partial charge in [0.25, 0.3) is 0 Å². The summed E-state index contributed by atoms with van der Waals surface area (Å²) in [6.45, 7) is 3.19. The maximum atomic E-state index is 11.3. The van der Waals surface area contributed by atoms with E-state index in [-0.39, 0.29) is 5.91 Å². The second kappa shape index (κ2) is 5.61. The minimum Gasteiger partial charge on any atom is -0.345 e. The van der Waals surface area contributed by atoms with Crippen molar-refractivity contribution in [3.05, 3.63) is 0 Å². The summed E-state index contributed by atoms with van der Waals surface area (Å²) in [5, 5.41) is 0. The van der Waals surface area contributed by atoms with Gasteiger partial charge in [-0.3, -0.25) is 4.79 Å². The summed E-state index contributed by atoms with van der Waals surface area (Å²) >= 11 is 3.99. The fraction of sp³-hybridized carbons (Fsp3) is 0.900. The topological polar surface area (TPSA) is 23.6 Å². The monoisotopic (exact) mass is 216 g/mol. The van der Waals surface area contributed by atoms with Crippen molar-refractivity contribution in [2.45, 2.75) is 12.8 Å². The Balaban J connectivity index is 2.32. The molecule has 14 heavy (non-hydrogen) atoms. The molecule has 1 amide bonds. The molecule has 0 aliphatic carbocycles. The first-order valence-electron chi connectivity index (χ1n) is 5.17. The molecule has 0 N–H and O–H groups in total. The summed E-state index contributed by atoms with van der Waals surface area (Å²) in [5.74, 6) is 1.09. The molecule has 1 saturated heterocycles. The third-order valence-electron chi connectivity index (χ3n) is 2.82. The largest absolute Gasteiger partial charge is 0.345 e. The van der Waals surface area contributed by atoms with Gasteiger partial charge in [0.2, 0.25) is 5.91 Å². The van der Waals surface area contributed by atoms with Crippen molar-refractivity contribution in [1.82, 2.24) is 9.80 Å². The van der Waals surface area contributed by atoms with Gasteiger partial charge in [0.05, 0.1) is 5.75 Å². The first kappa shape index (κ1) is 11.9. The number of carbonyl (C=O) groups is 1. The molecule has 0 radical (unpaired) electrons. The number of thiol groups is 1. The quantitative estimate of drug-likeness (QED) is 0.703. The lowest BCUT2D eigenvalue weighted by atomic mass is 9.98. The lowest BCUT2D eigenvalue weighted by Crippen LogP contribution is -2.40. The van der Waals surface area contributed by atoms with Crippen LogP contribution in [0.3, 0.4) is 0 Å². The first-order valence-corrected chi connectivity index (χ1v) is 5.80. The molecule has 0 spiro atoms. The van der Waals surface area contributed by atoms with Gasteiger partial charge in [-0.05, 0) is 32.4 Å². The van der Waals surface area contributed by atoms with Gasteiger partial charge in [-0.1, -0.05) is 0 Å². The van der Waals surface area contributed by atoms with Gasteiger partial charge in [0, 0.05) is 20.1 Å². The zero-order valence-corrected chi connectivity index (χ0v) is 9.96. The van der Waals surface area contributed by atoms with Gasteiger partial charge in [-0.2, -0.15) is 12.6 Å². The molecule has 0 saturated carbocycles. The van der Waals surface area contributed by atoms with E-state index >= 15 is 0 Å². The molecule has 82 valence electrons. The Bertz CT molecular complexity index is 199. The van der Waals surface area contributed by atoms with E-state index < -0.39 is 0 Å². The molecule has 1 aliphatic rings. The summed E-state index contributed by atoms with van der Waals surface area (Å²) in [5.41, 5.74) is 0. The highest BCUT2D eigenvalue weighted by atomic mass is 32.1. The third kappa shape index (κ3) is 3.50. The predicted octanol–water partition coefficient (Wildman–Crippen LogP) is 0.716. The van der Waals surface area contributed by atoms with Crippen LogP contribution in [0.5, 0.6) is 0 Å². The highest BCUT2D eigenvalue weighted by Crippen LogP contribution is 2.15. The number of hydrogen-bond donors (Lipinski definition) is 1. The summed E-state index contributed by atoms with van der Waals surface area (Å²) in [7, 11) is 4.01. The Morgan fingerprint density at radius 2 is 2.36 bits per heavy atom. The number of rotatable bonds is 3. The van der Waals surface area contributed by atoms with E-state index in [1.54, 1.807) is 4.90 Å². The molecule has 0 aromatic rings. The molecule has 4 heteroatoms. The van der Waals surface area contributed by atoms with E-state index in [1.807, 2.05) is 7.05 Å². The summed E-state index contributed by atoms with van der Waals surface area (Å²) < 4.78 is 0. The van der Waals surface area contributed by atoms with Crippen molar-refractivity contribution in [3.63, 3.8) is 0 Å². The smallest absolute Gasteiger partial charge is 0.232 e. The van der Waals surface area contributed by atoms with Crippen LogP contribution in [-0.4, -0.2) is 55.2 Å². The van der Waals surface area contributed by atoms with Crippen molar-refractivity contribution in [2.75, 3.05) is 39.5 Å². The van der Waals surface area contributed by atoms with Crippen LogP contribution >= 0.6 is 12.6 Å². The Morgan fingerprint density at radius 1 is 1.64 bits per heavy atom. The third-order valence-corrected chi connectivity index (χ3v) is 3.09. The van der Waals surface area contributed by atoms with E-state index in [4.69, 9.17) is 0 Å². The second-order valence-corrected chi connectivity index (χ2v) is 4.52. The lowest BCUT2D eigenvalue weighted by Gasteiger charge is -2.32. The summed E-state index contributed by atoms with van der Waals surface area (Å²) in [6.07, 6.45) is 2.50. The number of hydrogen-bond acceptors (Lipinski definition) is 3. The molecule has 1 unspecified atom stereocenters. The van der Waals surface area contributed by atoms with Crippen LogP contribution in [0, 0.1) is 5.92 Å². The van der Waals surface area contributed by atoms with E-state index in [1.165, 1.54) is 19.4 Å². The molecule has 1 aliphatic heterocycles. The maximum absolute atomic E-state index is 11.3. The molecule has 1 heterocycles. The predicted molar refractivity (Wildman–Crippen MR) is 61.7 cm³/mol. The lowest BCUT2D eigenvalue weighted by molar-refractivity contribution is -0.127. The van der Waals surface area contributed by atoms with Crippen molar-refractivity contribution in [1.29, 1.82) is 0 Å². The van der Waals surface area contributed by atoms with Gasteiger partial charge in [-0.15, -0.1) is 0 Å². The van der Waals surface area contributed by atoms with Crippen LogP contribution in [0.15, 0.2) is 0 Å². The Labute approximate surface area is 91.9 Å². The van der Waals surface area contributed by atoms with E-state index in [0.717, 1.165) is 13.1 Å². The van der Waals surface area contributed by atoms with E-state index in [9.17, 15) is 4.79 Å². The minimum atomic E-state index is 0.126. The molecule has 1 rings (SSSR count). The number of amides is 1. The van der Waals surface area contributed by atoms with E-state index in [2.05, 4.69) is 24.6 Å².